The number of hydroxylamine groups is 3. The van der Waals surface area contributed by atoms with Crippen molar-refractivity contribution in [2.45, 2.75) is 0 Å². The molecular formula is C18H22N3O3+. The fraction of sp³-hybridized carbons (Fsp3) is 0.278. The molecule has 126 valence electrons. The molecule has 0 unspecified atom stereocenters. The highest BCUT2D eigenvalue weighted by Gasteiger charge is 2.15. The summed E-state index contributed by atoms with van der Waals surface area (Å²) in [7, 11) is 5.82. The first-order chi connectivity index (χ1) is 11.5. The van der Waals surface area contributed by atoms with Crippen molar-refractivity contribution in [3.63, 3.8) is 0 Å². The Morgan fingerprint density at radius 1 is 1.17 bits per heavy atom. The van der Waals surface area contributed by atoms with Crippen LogP contribution < -0.4 is 9.57 Å². The first-order valence-corrected chi connectivity index (χ1v) is 7.79. The zero-order valence-electron chi connectivity index (χ0n) is 14.1. The van der Waals surface area contributed by atoms with Gasteiger partial charge in [0.15, 0.2) is 5.75 Å². The topological polar surface area (TPSA) is 56.0 Å². The van der Waals surface area contributed by atoms with Gasteiger partial charge in [0.2, 0.25) is 0 Å². The molecule has 0 aliphatic rings. The van der Waals surface area contributed by atoms with Crippen molar-refractivity contribution in [1.29, 1.82) is 0 Å². The third-order valence-electron chi connectivity index (χ3n) is 3.39. The average Bonchev–Trinajstić information content (AvgIpc) is 3.00. The lowest BCUT2D eigenvalue weighted by molar-refractivity contribution is -1.03. The molecule has 0 spiro atoms. The van der Waals surface area contributed by atoms with E-state index in [0.29, 0.717) is 16.1 Å². The summed E-state index contributed by atoms with van der Waals surface area (Å²) in [5.74, 6) is 1.37. The van der Waals surface area contributed by atoms with Gasteiger partial charge >= 0.3 is 0 Å². The van der Waals surface area contributed by atoms with Crippen LogP contribution in [0, 0.1) is 0 Å². The number of rotatable bonds is 6. The molecule has 0 aliphatic carbocycles. The normalized spacial score (nSPS) is 11.7. The Kier molecular flexibility index (Phi) is 4.42. The molecule has 0 aliphatic heterocycles. The van der Waals surface area contributed by atoms with Crippen molar-refractivity contribution in [3.8, 4) is 22.8 Å². The minimum Gasteiger partial charge on any atom is -0.490 e. The molecule has 6 nitrogen and oxygen atoms in total. The van der Waals surface area contributed by atoms with E-state index < -0.39 is 0 Å². The number of fused-ring (bicyclic) bond motifs is 1. The van der Waals surface area contributed by atoms with Gasteiger partial charge in [-0.2, -0.15) is 0 Å². The summed E-state index contributed by atoms with van der Waals surface area (Å²) >= 11 is 0. The zero-order chi connectivity index (χ0) is 17.2. The van der Waals surface area contributed by atoms with Crippen LogP contribution in [0.3, 0.4) is 0 Å². The maximum absolute atomic E-state index is 9.11. The minimum absolute atomic E-state index is 0.0465. The predicted octanol–water partition coefficient (Wildman–Crippen LogP) is 2.37. The molecule has 1 aromatic carbocycles. The predicted molar refractivity (Wildman–Crippen MR) is 91.9 cm³/mol. The zero-order valence-corrected chi connectivity index (χ0v) is 14.1. The van der Waals surface area contributed by atoms with Crippen molar-refractivity contribution >= 4 is 5.65 Å². The molecule has 0 radical (unpaired) electrons. The number of aromatic nitrogens is 2. The number of ether oxygens (including phenoxy) is 1. The van der Waals surface area contributed by atoms with E-state index in [-0.39, 0.29) is 13.2 Å². The molecule has 0 saturated heterocycles. The Morgan fingerprint density at radius 2 is 2.00 bits per heavy atom. The van der Waals surface area contributed by atoms with Gasteiger partial charge in [0.05, 0.1) is 12.3 Å². The molecule has 0 atom stereocenters. The van der Waals surface area contributed by atoms with Gasteiger partial charge in [0.1, 0.15) is 39.1 Å². The summed E-state index contributed by atoms with van der Waals surface area (Å²) < 4.78 is 8.10. The van der Waals surface area contributed by atoms with Crippen molar-refractivity contribution in [2.75, 3.05) is 34.4 Å². The molecule has 6 heteroatoms. The Labute approximate surface area is 141 Å². The minimum atomic E-state index is -0.0465. The second-order valence-electron chi connectivity index (χ2n) is 6.28. The highest BCUT2D eigenvalue weighted by molar-refractivity contribution is 5.71. The van der Waals surface area contributed by atoms with Gasteiger partial charge in [0, 0.05) is 24.0 Å². The number of pyridine rings is 1. The van der Waals surface area contributed by atoms with Gasteiger partial charge < -0.3 is 14.7 Å². The summed E-state index contributed by atoms with van der Waals surface area (Å²) in [5.41, 5.74) is 2.75. The molecule has 0 fully saturated rings. The Balaban J connectivity index is 2.07. The number of quaternary nitrogens is 1. The van der Waals surface area contributed by atoms with Crippen LogP contribution in [0.25, 0.3) is 16.9 Å². The average molecular weight is 328 g/mol. The standard InChI is InChI=1S/C18H22N3O3/c1-21(2,3)24-14-7-8-15(17(13-14)23-12-11-22)16-5-4-6-18-19-9-10-20(16)18/h4-10,13,22H,11-12H2,1-3H3/q+1. The third kappa shape index (κ3) is 3.50. The van der Waals surface area contributed by atoms with E-state index in [4.69, 9.17) is 14.7 Å². The van der Waals surface area contributed by atoms with Crippen LogP contribution in [0.1, 0.15) is 0 Å². The van der Waals surface area contributed by atoms with E-state index >= 15 is 0 Å². The molecule has 3 rings (SSSR count). The van der Waals surface area contributed by atoms with E-state index in [2.05, 4.69) is 4.98 Å². The maximum Gasteiger partial charge on any atom is 0.193 e. The summed E-state index contributed by atoms with van der Waals surface area (Å²) in [6.45, 7) is 0.176. The smallest absolute Gasteiger partial charge is 0.193 e. The van der Waals surface area contributed by atoms with Crippen LogP contribution in [-0.4, -0.2) is 53.5 Å². The fourth-order valence-electron chi connectivity index (χ4n) is 2.53. The summed E-state index contributed by atoms with van der Waals surface area (Å²) in [6, 6.07) is 11.7. The van der Waals surface area contributed by atoms with E-state index in [0.717, 1.165) is 16.9 Å². The van der Waals surface area contributed by atoms with Crippen LogP contribution in [-0.2, 0) is 0 Å². The van der Waals surface area contributed by atoms with Gasteiger partial charge in [-0.3, -0.25) is 4.40 Å². The highest BCUT2D eigenvalue weighted by Crippen LogP contribution is 2.34. The summed E-state index contributed by atoms with van der Waals surface area (Å²) in [4.78, 5) is 10.2. The maximum atomic E-state index is 9.11. The fourth-order valence-corrected chi connectivity index (χ4v) is 2.53. The molecular weight excluding hydrogens is 306 g/mol. The van der Waals surface area contributed by atoms with Crippen molar-refractivity contribution in [1.82, 2.24) is 9.38 Å². The lowest BCUT2D eigenvalue weighted by Gasteiger charge is -2.23. The first-order valence-electron chi connectivity index (χ1n) is 7.79. The molecule has 0 saturated carbocycles. The van der Waals surface area contributed by atoms with E-state index in [1.807, 2.05) is 68.1 Å². The monoisotopic (exact) mass is 328 g/mol. The number of imidazole rings is 1. The van der Waals surface area contributed by atoms with Crippen LogP contribution in [0.4, 0.5) is 0 Å². The van der Waals surface area contributed by atoms with E-state index in [1.54, 1.807) is 6.20 Å². The van der Waals surface area contributed by atoms with Crippen LogP contribution in [0.5, 0.6) is 11.5 Å². The SMILES string of the molecule is C[N+](C)(C)Oc1ccc(-c2cccc3nccn23)c(OCCO)c1. The molecule has 0 amide bonds. The van der Waals surface area contributed by atoms with Gasteiger partial charge in [-0.1, -0.05) is 6.07 Å². The van der Waals surface area contributed by atoms with Crippen LogP contribution in [0.2, 0.25) is 0 Å². The third-order valence-corrected chi connectivity index (χ3v) is 3.39. The number of benzene rings is 1. The van der Waals surface area contributed by atoms with Crippen molar-refractivity contribution < 1.29 is 19.3 Å². The highest BCUT2D eigenvalue weighted by atomic mass is 16.7. The molecule has 2 heterocycles. The quantitative estimate of drug-likeness (QED) is 0.557. The number of nitrogens with zero attached hydrogens (tertiary/aromatic N) is 3. The van der Waals surface area contributed by atoms with Gasteiger partial charge in [-0.05, 0) is 24.3 Å². The lowest BCUT2D eigenvalue weighted by atomic mass is 10.1. The van der Waals surface area contributed by atoms with Crippen molar-refractivity contribution in [3.05, 3.63) is 48.8 Å². The van der Waals surface area contributed by atoms with Gasteiger partial charge in [-0.15, -0.1) is 4.65 Å². The van der Waals surface area contributed by atoms with E-state index in [9.17, 15) is 0 Å². The molecule has 24 heavy (non-hydrogen) atoms. The Bertz CT molecular complexity index is 837. The second-order valence-corrected chi connectivity index (χ2v) is 6.28. The summed E-state index contributed by atoms with van der Waals surface area (Å²) in [6.07, 6.45) is 3.68. The van der Waals surface area contributed by atoms with Gasteiger partial charge in [-0.25, -0.2) is 4.98 Å². The van der Waals surface area contributed by atoms with E-state index in [1.165, 1.54) is 0 Å². The number of aliphatic hydroxyl groups is 1. The van der Waals surface area contributed by atoms with Crippen LogP contribution >= 0.6 is 0 Å². The van der Waals surface area contributed by atoms with Crippen LogP contribution in [0.15, 0.2) is 48.8 Å². The van der Waals surface area contributed by atoms with Gasteiger partial charge in [0.25, 0.3) is 0 Å². The number of aliphatic hydroxyl groups excluding tert-OH is 1. The number of hydrogen-bond acceptors (Lipinski definition) is 4. The largest absolute Gasteiger partial charge is 0.490 e. The molecule has 1 N–H and O–H groups in total. The first kappa shape index (κ1) is 16.3. The summed E-state index contributed by atoms with van der Waals surface area (Å²) in [5, 5.41) is 9.11. The molecule has 0 bridgehead atoms. The Morgan fingerprint density at radius 3 is 2.75 bits per heavy atom. The number of hydrogen-bond donors (Lipinski definition) is 1. The second kappa shape index (κ2) is 6.51. The molecule has 3 aromatic rings. The molecule has 2 aromatic heterocycles. The lowest BCUT2D eigenvalue weighted by Crippen LogP contribution is -2.38. The van der Waals surface area contributed by atoms with Crippen molar-refractivity contribution in [2.24, 2.45) is 0 Å². The Hall–Kier alpha value is -2.57.